The Bertz CT molecular complexity index is 295. The molecule has 3 nitrogen and oxygen atoms in total. The number of hydrogen-bond donors (Lipinski definition) is 2. The molecule has 0 amide bonds. The average Bonchev–Trinajstić information content (AvgIpc) is 2.25. The summed E-state index contributed by atoms with van der Waals surface area (Å²) in [5, 5.41) is 12.8. The predicted octanol–water partition coefficient (Wildman–Crippen LogP) is 1.73. The third-order valence-electron chi connectivity index (χ3n) is 2.23. The highest BCUT2D eigenvalue weighted by atomic mass is 16.5. The molecule has 0 saturated heterocycles. The summed E-state index contributed by atoms with van der Waals surface area (Å²) in [7, 11) is 0. The number of rotatable bonds is 6. The van der Waals surface area contributed by atoms with Crippen molar-refractivity contribution in [3.8, 4) is 5.75 Å². The first-order valence-corrected chi connectivity index (χ1v) is 5.69. The number of benzene rings is 1. The van der Waals surface area contributed by atoms with Crippen molar-refractivity contribution in [1.29, 1.82) is 0 Å². The number of nitrogens with one attached hydrogen (secondary N) is 1. The second-order valence-electron chi connectivity index (χ2n) is 4.34. The van der Waals surface area contributed by atoms with Crippen LogP contribution >= 0.6 is 0 Å². The fourth-order valence-electron chi connectivity index (χ4n) is 1.26. The third kappa shape index (κ3) is 5.14. The van der Waals surface area contributed by atoms with Crippen molar-refractivity contribution in [1.82, 2.24) is 5.32 Å². The molecule has 0 radical (unpaired) electrons. The molecule has 2 N–H and O–H groups in total. The summed E-state index contributed by atoms with van der Waals surface area (Å²) in [5.41, 5.74) is 1.20. The molecule has 1 rings (SSSR count). The molecule has 0 unspecified atom stereocenters. The fraction of sp³-hybridized carbons (Fsp3) is 0.538. The van der Waals surface area contributed by atoms with E-state index in [1.807, 2.05) is 45.0 Å². The summed E-state index contributed by atoms with van der Waals surface area (Å²) in [6.07, 6.45) is -0.469. The molecule has 0 heterocycles. The SMILES string of the molecule is Cc1ccc(OC[C@@H](O)CNC(C)C)cc1. The summed E-state index contributed by atoms with van der Waals surface area (Å²) in [6, 6.07) is 8.20. The van der Waals surface area contributed by atoms with Gasteiger partial charge in [0.2, 0.25) is 0 Å². The number of hydrogen-bond acceptors (Lipinski definition) is 3. The molecule has 0 aliphatic heterocycles. The van der Waals surface area contributed by atoms with Gasteiger partial charge in [0.15, 0.2) is 0 Å². The van der Waals surface area contributed by atoms with Gasteiger partial charge in [-0.2, -0.15) is 0 Å². The van der Waals surface area contributed by atoms with Gasteiger partial charge < -0.3 is 15.2 Å². The molecular formula is C13H21NO2. The summed E-state index contributed by atoms with van der Waals surface area (Å²) in [6.45, 7) is 7.01. The van der Waals surface area contributed by atoms with Crippen molar-refractivity contribution in [3.05, 3.63) is 29.8 Å². The molecule has 1 aromatic carbocycles. The van der Waals surface area contributed by atoms with E-state index in [1.165, 1.54) is 5.56 Å². The van der Waals surface area contributed by atoms with Crippen molar-refractivity contribution in [2.45, 2.75) is 32.9 Å². The second kappa shape index (κ2) is 6.51. The molecule has 3 heteroatoms. The van der Waals surface area contributed by atoms with Crippen LogP contribution in [0.25, 0.3) is 0 Å². The lowest BCUT2D eigenvalue weighted by molar-refractivity contribution is 0.104. The van der Waals surface area contributed by atoms with E-state index >= 15 is 0 Å². The standard InChI is InChI=1S/C13H21NO2/c1-10(2)14-8-12(15)9-16-13-6-4-11(3)5-7-13/h4-7,10,12,14-15H,8-9H2,1-3H3/t12-/m0/s1. The first kappa shape index (κ1) is 13.0. The Balaban J connectivity index is 2.26. The van der Waals surface area contributed by atoms with Gasteiger partial charge in [-0.3, -0.25) is 0 Å². The van der Waals surface area contributed by atoms with Gasteiger partial charge in [0, 0.05) is 12.6 Å². The molecule has 0 spiro atoms. The molecule has 0 aliphatic carbocycles. The van der Waals surface area contributed by atoms with E-state index in [0.717, 1.165) is 5.75 Å². The zero-order valence-electron chi connectivity index (χ0n) is 10.2. The molecule has 0 bridgehead atoms. The number of aliphatic hydroxyl groups excluding tert-OH is 1. The second-order valence-corrected chi connectivity index (χ2v) is 4.34. The van der Waals surface area contributed by atoms with E-state index in [1.54, 1.807) is 0 Å². The quantitative estimate of drug-likeness (QED) is 0.771. The minimum Gasteiger partial charge on any atom is -0.491 e. The molecular weight excluding hydrogens is 202 g/mol. The van der Waals surface area contributed by atoms with E-state index in [0.29, 0.717) is 19.2 Å². The Morgan fingerprint density at radius 2 is 1.88 bits per heavy atom. The van der Waals surface area contributed by atoms with Gasteiger partial charge in [0.1, 0.15) is 18.5 Å². The maximum Gasteiger partial charge on any atom is 0.119 e. The first-order valence-electron chi connectivity index (χ1n) is 5.69. The van der Waals surface area contributed by atoms with Crippen LogP contribution < -0.4 is 10.1 Å². The van der Waals surface area contributed by atoms with Crippen LogP contribution in [0, 0.1) is 6.92 Å². The summed E-state index contributed by atoms with van der Waals surface area (Å²) in [5.74, 6) is 0.800. The fourth-order valence-corrected chi connectivity index (χ4v) is 1.26. The smallest absolute Gasteiger partial charge is 0.119 e. The monoisotopic (exact) mass is 223 g/mol. The summed E-state index contributed by atoms with van der Waals surface area (Å²) >= 11 is 0. The molecule has 0 aliphatic rings. The van der Waals surface area contributed by atoms with Crippen LogP contribution in [0.5, 0.6) is 5.75 Å². The zero-order valence-corrected chi connectivity index (χ0v) is 10.2. The zero-order chi connectivity index (χ0) is 12.0. The van der Waals surface area contributed by atoms with Gasteiger partial charge in [0.25, 0.3) is 0 Å². The predicted molar refractivity (Wildman–Crippen MR) is 65.8 cm³/mol. The molecule has 1 aromatic rings. The molecule has 0 saturated carbocycles. The maximum atomic E-state index is 9.63. The van der Waals surface area contributed by atoms with Crippen molar-refractivity contribution < 1.29 is 9.84 Å². The van der Waals surface area contributed by atoms with E-state index < -0.39 is 6.10 Å². The average molecular weight is 223 g/mol. The van der Waals surface area contributed by atoms with Crippen LogP contribution in [0.15, 0.2) is 24.3 Å². The van der Waals surface area contributed by atoms with Crippen molar-refractivity contribution >= 4 is 0 Å². The van der Waals surface area contributed by atoms with Crippen molar-refractivity contribution in [2.24, 2.45) is 0 Å². The molecule has 16 heavy (non-hydrogen) atoms. The van der Waals surface area contributed by atoms with E-state index in [4.69, 9.17) is 4.74 Å². The van der Waals surface area contributed by atoms with Crippen LogP contribution in [0.3, 0.4) is 0 Å². The minimum absolute atomic E-state index is 0.322. The van der Waals surface area contributed by atoms with E-state index in [9.17, 15) is 5.11 Å². The maximum absolute atomic E-state index is 9.63. The van der Waals surface area contributed by atoms with Gasteiger partial charge in [-0.05, 0) is 19.1 Å². The Kier molecular flexibility index (Phi) is 5.29. The Morgan fingerprint density at radius 1 is 1.25 bits per heavy atom. The van der Waals surface area contributed by atoms with Crippen molar-refractivity contribution in [2.75, 3.05) is 13.2 Å². The topological polar surface area (TPSA) is 41.5 Å². The van der Waals surface area contributed by atoms with Crippen LogP contribution in [0.4, 0.5) is 0 Å². The van der Waals surface area contributed by atoms with Gasteiger partial charge in [-0.15, -0.1) is 0 Å². The highest BCUT2D eigenvalue weighted by Crippen LogP contribution is 2.11. The van der Waals surface area contributed by atoms with E-state index in [2.05, 4.69) is 5.32 Å². The van der Waals surface area contributed by atoms with Gasteiger partial charge in [-0.1, -0.05) is 31.5 Å². The minimum atomic E-state index is -0.469. The van der Waals surface area contributed by atoms with Crippen LogP contribution in [0.2, 0.25) is 0 Å². The molecule has 1 atom stereocenters. The lowest BCUT2D eigenvalue weighted by Crippen LogP contribution is -2.35. The lowest BCUT2D eigenvalue weighted by atomic mass is 10.2. The Hall–Kier alpha value is -1.06. The largest absolute Gasteiger partial charge is 0.491 e. The van der Waals surface area contributed by atoms with Crippen LogP contribution in [-0.4, -0.2) is 30.4 Å². The Morgan fingerprint density at radius 3 is 2.44 bits per heavy atom. The third-order valence-corrected chi connectivity index (χ3v) is 2.23. The molecule has 0 aromatic heterocycles. The van der Waals surface area contributed by atoms with E-state index in [-0.39, 0.29) is 0 Å². The normalized spacial score (nSPS) is 12.8. The van der Waals surface area contributed by atoms with Gasteiger partial charge in [0.05, 0.1) is 0 Å². The van der Waals surface area contributed by atoms with Gasteiger partial charge in [-0.25, -0.2) is 0 Å². The summed E-state index contributed by atoms with van der Waals surface area (Å²) in [4.78, 5) is 0. The number of ether oxygens (including phenoxy) is 1. The van der Waals surface area contributed by atoms with Crippen LogP contribution in [-0.2, 0) is 0 Å². The van der Waals surface area contributed by atoms with Crippen molar-refractivity contribution in [3.63, 3.8) is 0 Å². The first-order chi connectivity index (χ1) is 7.58. The molecule has 0 fully saturated rings. The molecule has 90 valence electrons. The highest BCUT2D eigenvalue weighted by Gasteiger charge is 2.05. The Labute approximate surface area is 97.4 Å². The van der Waals surface area contributed by atoms with Gasteiger partial charge >= 0.3 is 0 Å². The van der Waals surface area contributed by atoms with Crippen LogP contribution in [0.1, 0.15) is 19.4 Å². The lowest BCUT2D eigenvalue weighted by Gasteiger charge is -2.15. The summed E-state index contributed by atoms with van der Waals surface area (Å²) < 4.78 is 5.47. The highest BCUT2D eigenvalue weighted by molar-refractivity contribution is 5.26. The number of aryl methyl sites for hydroxylation is 1. The number of aliphatic hydroxyl groups is 1.